The number of hydrogen-bond acceptors (Lipinski definition) is 2. The monoisotopic (exact) mass is 279 g/mol. The first-order valence-electron chi connectivity index (χ1n) is 7.23. The summed E-state index contributed by atoms with van der Waals surface area (Å²) in [7, 11) is 0. The summed E-state index contributed by atoms with van der Waals surface area (Å²) in [5.41, 5.74) is 2.79. The Morgan fingerprint density at radius 1 is 0.952 bits per heavy atom. The largest absolute Gasteiger partial charge is 0.342 e. The lowest BCUT2D eigenvalue weighted by Crippen LogP contribution is -2.37. The maximum absolute atomic E-state index is 12.1. The van der Waals surface area contributed by atoms with Crippen LogP contribution in [0.4, 0.5) is 0 Å². The molecule has 2 aromatic rings. The highest BCUT2D eigenvalue weighted by molar-refractivity contribution is 5.98. The van der Waals surface area contributed by atoms with Gasteiger partial charge in [0.1, 0.15) is 0 Å². The molecule has 0 aliphatic heterocycles. The van der Waals surface area contributed by atoms with Gasteiger partial charge in [0.15, 0.2) is 5.78 Å². The number of rotatable bonds is 3. The van der Waals surface area contributed by atoms with Crippen molar-refractivity contribution in [2.75, 3.05) is 0 Å². The Bertz CT molecular complexity index is 647. The normalized spacial score (nSPS) is 17.7. The van der Waals surface area contributed by atoms with E-state index in [1.807, 2.05) is 42.5 Å². The third-order valence-electron chi connectivity index (χ3n) is 3.86. The Balaban J connectivity index is 1.72. The zero-order valence-electron chi connectivity index (χ0n) is 11.7. The first-order chi connectivity index (χ1) is 10.2. The van der Waals surface area contributed by atoms with Crippen LogP contribution >= 0.6 is 0 Å². The van der Waals surface area contributed by atoms with Crippen LogP contribution in [0.3, 0.4) is 0 Å². The summed E-state index contributed by atoms with van der Waals surface area (Å²) in [5, 5.41) is 2.82. The first kappa shape index (κ1) is 13.6. The van der Waals surface area contributed by atoms with Crippen molar-refractivity contribution in [3.63, 3.8) is 0 Å². The van der Waals surface area contributed by atoms with Gasteiger partial charge in [-0.15, -0.1) is 0 Å². The molecular formula is C18H17NO2. The smallest absolute Gasteiger partial charge is 0.251 e. The van der Waals surface area contributed by atoms with Crippen molar-refractivity contribution in [2.24, 2.45) is 0 Å². The van der Waals surface area contributed by atoms with Crippen molar-refractivity contribution < 1.29 is 9.59 Å². The van der Waals surface area contributed by atoms with Crippen LogP contribution in [0, 0.1) is 0 Å². The SMILES string of the molecule is O=C(N[C@@H]1CCCC1=O)c1ccc(-c2ccccc2)cc1. The van der Waals surface area contributed by atoms with Gasteiger partial charge in [-0.2, -0.15) is 0 Å². The van der Waals surface area contributed by atoms with Gasteiger partial charge in [0.2, 0.25) is 0 Å². The maximum atomic E-state index is 12.1. The highest BCUT2D eigenvalue weighted by Gasteiger charge is 2.25. The van der Waals surface area contributed by atoms with Crippen molar-refractivity contribution in [2.45, 2.75) is 25.3 Å². The Kier molecular flexibility index (Phi) is 3.82. The fraction of sp³-hybridized carbons (Fsp3) is 0.222. The molecule has 0 heterocycles. The van der Waals surface area contributed by atoms with Gasteiger partial charge < -0.3 is 5.32 Å². The second kappa shape index (κ2) is 5.92. The number of nitrogens with one attached hydrogen (secondary N) is 1. The fourth-order valence-electron chi connectivity index (χ4n) is 2.65. The number of hydrogen-bond donors (Lipinski definition) is 1. The average Bonchev–Trinajstić information content (AvgIpc) is 2.93. The van der Waals surface area contributed by atoms with E-state index in [0.717, 1.165) is 24.0 Å². The minimum atomic E-state index is -0.300. The molecule has 0 bridgehead atoms. The van der Waals surface area contributed by atoms with Crippen LogP contribution in [0.25, 0.3) is 11.1 Å². The Morgan fingerprint density at radius 3 is 2.24 bits per heavy atom. The molecule has 1 aliphatic rings. The lowest BCUT2D eigenvalue weighted by molar-refractivity contribution is -0.118. The molecule has 21 heavy (non-hydrogen) atoms. The van der Waals surface area contributed by atoms with Gasteiger partial charge in [-0.05, 0) is 36.1 Å². The van der Waals surface area contributed by atoms with Crippen LogP contribution in [0.5, 0.6) is 0 Å². The number of carbonyl (C=O) groups is 2. The molecule has 1 atom stereocenters. The molecule has 0 saturated heterocycles. The molecule has 2 aromatic carbocycles. The van der Waals surface area contributed by atoms with Gasteiger partial charge in [0.25, 0.3) is 5.91 Å². The number of ketones is 1. The molecule has 0 radical (unpaired) electrons. The number of carbonyl (C=O) groups excluding carboxylic acids is 2. The molecule has 3 heteroatoms. The predicted octanol–water partition coefficient (Wildman–Crippen LogP) is 3.21. The van der Waals surface area contributed by atoms with Gasteiger partial charge in [0.05, 0.1) is 6.04 Å². The van der Waals surface area contributed by atoms with Crippen molar-refractivity contribution in [1.82, 2.24) is 5.32 Å². The van der Waals surface area contributed by atoms with Crippen molar-refractivity contribution >= 4 is 11.7 Å². The molecule has 1 aliphatic carbocycles. The lowest BCUT2D eigenvalue weighted by Gasteiger charge is -2.11. The standard InChI is InChI=1S/C18H17NO2/c20-17-8-4-7-16(17)19-18(21)15-11-9-14(10-12-15)13-5-2-1-3-6-13/h1-3,5-6,9-12,16H,4,7-8H2,(H,19,21)/t16-/m1/s1. The summed E-state index contributed by atoms with van der Waals surface area (Å²) in [4.78, 5) is 23.7. The van der Waals surface area contributed by atoms with Crippen LogP contribution < -0.4 is 5.32 Å². The van der Waals surface area contributed by atoms with E-state index < -0.39 is 0 Å². The summed E-state index contributed by atoms with van der Waals surface area (Å²) < 4.78 is 0. The molecule has 1 fully saturated rings. The topological polar surface area (TPSA) is 46.2 Å². The van der Waals surface area contributed by atoms with Crippen LogP contribution in [0.15, 0.2) is 54.6 Å². The predicted molar refractivity (Wildman–Crippen MR) is 82.0 cm³/mol. The van der Waals surface area contributed by atoms with Crippen molar-refractivity contribution in [1.29, 1.82) is 0 Å². The highest BCUT2D eigenvalue weighted by atomic mass is 16.2. The van der Waals surface area contributed by atoms with E-state index in [-0.39, 0.29) is 17.7 Å². The minimum Gasteiger partial charge on any atom is -0.342 e. The summed E-state index contributed by atoms with van der Waals surface area (Å²) in [6.07, 6.45) is 2.21. The molecule has 3 nitrogen and oxygen atoms in total. The summed E-state index contributed by atoms with van der Waals surface area (Å²) in [5.74, 6) is -0.0286. The zero-order valence-corrected chi connectivity index (χ0v) is 11.7. The first-order valence-corrected chi connectivity index (χ1v) is 7.23. The molecule has 106 valence electrons. The van der Waals surface area contributed by atoms with Crippen LogP contribution in [0.2, 0.25) is 0 Å². The third kappa shape index (κ3) is 3.02. The summed E-state index contributed by atoms with van der Waals surface area (Å²) in [6, 6.07) is 17.2. The third-order valence-corrected chi connectivity index (χ3v) is 3.86. The highest BCUT2D eigenvalue weighted by Crippen LogP contribution is 2.20. The molecule has 1 N–H and O–H groups in total. The van der Waals surface area contributed by atoms with E-state index in [9.17, 15) is 9.59 Å². The average molecular weight is 279 g/mol. The number of amides is 1. The summed E-state index contributed by atoms with van der Waals surface area (Å²) in [6.45, 7) is 0. The van der Waals surface area contributed by atoms with E-state index in [2.05, 4.69) is 5.32 Å². The van der Waals surface area contributed by atoms with Gasteiger partial charge in [-0.3, -0.25) is 9.59 Å². The van der Waals surface area contributed by atoms with E-state index in [4.69, 9.17) is 0 Å². The van der Waals surface area contributed by atoms with Crippen molar-refractivity contribution in [3.05, 3.63) is 60.2 Å². The molecule has 0 spiro atoms. The molecule has 3 rings (SSSR count). The Hall–Kier alpha value is -2.42. The number of Topliss-reactive ketones (excluding diaryl/α,β-unsaturated/α-hetero) is 1. The Labute approximate surface area is 124 Å². The van der Waals surface area contributed by atoms with Crippen molar-refractivity contribution in [3.8, 4) is 11.1 Å². The van der Waals surface area contributed by atoms with E-state index in [0.29, 0.717) is 12.0 Å². The molecule has 1 saturated carbocycles. The van der Waals surface area contributed by atoms with Crippen LogP contribution in [-0.4, -0.2) is 17.7 Å². The van der Waals surface area contributed by atoms with Crippen LogP contribution in [-0.2, 0) is 4.79 Å². The van der Waals surface area contributed by atoms with Crippen LogP contribution in [0.1, 0.15) is 29.6 Å². The summed E-state index contributed by atoms with van der Waals surface area (Å²) >= 11 is 0. The maximum Gasteiger partial charge on any atom is 0.251 e. The molecule has 0 unspecified atom stereocenters. The molecule has 1 amide bonds. The minimum absolute atomic E-state index is 0.143. The van der Waals surface area contributed by atoms with E-state index in [1.54, 1.807) is 12.1 Å². The van der Waals surface area contributed by atoms with E-state index in [1.165, 1.54) is 0 Å². The van der Waals surface area contributed by atoms with E-state index >= 15 is 0 Å². The second-order valence-corrected chi connectivity index (χ2v) is 5.33. The Morgan fingerprint density at radius 2 is 1.62 bits per heavy atom. The molecule has 0 aromatic heterocycles. The lowest BCUT2D eigenvalue weighted by atomic mass is 10.0. The van der Waals surface area contributed by atoms with Gasteiger partial charge in [-0.1, -0.05) is 42.5 Å². The fourth-order valence-corrected chi connectivity index (χ4v) is 2.65. The van der Waals surface area contributed by atoms with Gasteiger partial charge in [-0.25, -0.2) is 0 Å². The molecular weight excluding hydrogens is 262 g/mol. The number of benzene rings is 2. The quantitative estimate of drug-likeness (QED) is 0.937. The van der Waals surface area contributed by atoms with Gasteiger partial charge >= 0.3 is 0 Å². The second-order valence-electron chi connectivity index (χ2n) is 5.33. The van der Waals surface area contributed by atoms with Gasteiger partial charge in [0, 0.05) is 12.0 Å². The zero-order chi connectivity index (χ0) is 14.7.